The molecule has 0 amide bonds. The first kappa shape index (κ1) is 50.2. The van der Waals surface area contributed by atoms with Crippen LogP contribution in [0.3, 0.4) is 0 Å². The van der Waals surface area contributed by atoms with Gasteiger partial charge in [0.05, 0.1) is 54.9 Å². The molecule has 5 heterocycles. The van der Waals surface area contributed by atoms with Crippen molar-refractivity contribution in [3.63, 3.8) is 0 Å². The van der Waals surface area contributed by atoms with Gasteiger partial charge in [-0.1, -0.05) is 18.6 Å². The lowest BCUT2D eigenvalue weighted by molar-refractivity contribution is -0.357. The van der Waals surface area contributed by atoms with Crippen molar-refractivity contribution in [1.29, 1.82) is 0 Å². The zero-order valence-corrected chi connectivity index (χ0v) is 39.6. The SMILES string of the molecule is CO[C@H]1C[C@H](O[C@H]2[C@@H](OC)C[C@H](O[C@@H]3CC4=CC[C@H]5C(=O)[C@@](C)(c6ccoc6C)CC[C@@H]5[C@@]4(C)CC3=O)O[C@@H]2C)O[C@@H](C)[C@H]1O[C@H]1C[C@H](OC)[C@H](O[C@@H]2O[C@H](CO)[C@@H](O)[C@H](O)[C@H]2O)[C@@H](C)O1. The summed E-state index contributed by atoms with van der Waals surface area (Å²) in [5, 5.41) is 40.7. The molecule has 0 aromatic carbocycles. The molecule has 6 fully saturated rings. The van der Waals surface area contributed by atoms with Crippen LogP contribution in [0.15, 0.2) is 28.4 Å². The highest BCUT2D eigenvalue weighted by molar-refractivity contribution is 5.94. The Morgan fingerprint density at radius 1 is 0.742 bits per heavy atom. The van der Waals surface area contributed by atoms with Crippen molar-refractivity contribution in [1.82, 2.24) is 0 Å². The zero-order valence-electron chi connectivity index (χ0n) is 39.6. The van der Waals surface area contributed by atoms with E-state index in [1.54, 1.807) is 27.4 Å². The number of fused-ring (bicyclic) bond motifs is 3. The highest BCUT2D eigenvalue weighted by Crippen LogP contribution is 2.58. The third-order valence-corrected chi connectivity index (χ3v) is 16.1. The number of carbonyl (C=O) groups is 2. The number of ketones is 2. The Hall–Kier alpha value is -2.24. The number of methoxy groups -OCH3 is 3. The lowest BCUT2D eigenvalue weighted by Gasteiger charge is -2.54. The average Bonchev–Trinajstić information content (AvgIpc) is 3.73. The summed E-state index contributed by atoms with van der Waals surface area (Å²) in [6, 6.07) is 1.93. The van der Waals surface area contributed by atoms with Crippen molar-refractivity contribution >= 4 is 11.6 Å². The predicted molar refractivity (Wildman–Crippen MR) is 230 cm³/mol. The van der Waals surface area contributed by atoms with Gasteiger partial charge < -0.3 is 76.9 Å². The monoisotopic (exact) mass is 936 g/mol. The number of aryl methyl sites for hydroxylation is 1. The van der Waals surface area contributed by atoms with Gasteiger partial charge >= 0.3 is 0 Å². The van der Waals surface area contributed by atoms with E-state index in [0.29, 0.717) is 38.5 Å². The van der Waals surface area contributed by atoms with E-state index in [4.69, 9.17) is 56.5 Å². The third-order valence-electron chi connectivity index (χ3n) is 16.1. The van der Waals surface area contributed by atoms with Crippen LogP contribution in [-0.2, 0) is 67.1 Å². The molecule has 2 saturated carbocycles. The second kappa shape index (κ2) is 20.2. The number of allylic oxidation sites excluding steroid dienone is 1. The second-order valence-electron chi connectivity index (χ2n) is 20.0. The Bertz CT molecular complexity index is 1870. The van der Waals surface area contributed by atoms with Crippen LogP contribution in [-0.4, -0.2) is 171 Å². The van der Waals surface area contributed by atoms with Crippen molar-refractivity contribution in [3.8, 4) is 0 Å². The molecule has 3 aliphatic carbocycles. The molecule has 4 aliphatic heterocycles. The Labute approximate surface area is 386 Å². The molecule has 0 unspecified atom stereocenters. The fourth-order valence-electron chi connectivity index (χ4n) is 12.2. The number of furan rings is 1. The molecular formula is C48H72O18. The smallest absolute Gasteiger partial charge is 0.187 e. The maximum absolute atomic E-state index is 14.2. The molecule has 4 N–H and O–H groups in total. The quantitative estimate of drug-likeness (QED) is 0.209. The minimum Gasteiger partial charge on any atom is -0.469 e. The summed E-state index contributed by atoms with van der Waals surface area (Å²) in [6.07, 6.45) is -7.21. The van der Waals surface area contributed by atoms with Gasteiger partial charge in [-0.15, -0.1) is 0 Å². The van der Waals surface area contributed by atoms with Crippen LogP contribution in [0.25, 0.3) is 0 Å². The third kappa shape index (κ3) is 9.40. The summed E-state index contributed by atoms with van der Waals surface area (Å²) in [5.41, 5.74) is 1.14. The summed E-state index contributed by atoms with van der Waals surface area (Å²) in [5.74, 6) is 0.967. The Balaban J connectivity index is 0.841. The number of aliphatic hydroxyl groups excluding tert-OH is 4. The molecule has 1 aromatic heterocycles. The number of hydrogen-bond acceptors (Lipinski definition) is 18. The molecule has 4 saturated heterocycles. The minimum atomic E-state index is -1.59. The van der Waals surface area contributed by atoms with Crippen LogP contribution in [0.4, 0.5) is 0 Å². The lowest BCUT2D eigenvalue weighted by atomic mass is 9.49. The summed E-state index contributed by atoms with van der Waals surface area (Å²) < 4.78 is 73.6. The molecule has 7 aliphatic rings. The van der Waals surface area contributed by atoms with Crippen molar-refractivity contribution in [2.24, 2.45) is 17.3 Å². The largest absolute Gasteiger partial charge is 0.469 e. The second-order valence-corrected chi connectivity index (χ2v) is 20.0. The normalized spacial score (nSPS) is 47.8. The van der Waals surface area contributed by atoms with Crippen LogP contribution in [0.2, 0.25) is 0 Å². The van der Waals surface area contributed by atoms with Gasteiger partial charge in [-0.3, -0.25) is 9.59 Å². The molecular weight excluding hydrogens is 865 g/mol. The van der Waals surface area contributed by atoms with E-state index < -0.39 is 128 Å². The van der Waals surface area contributed by atoms with Crippen LogP contribution in [0.1, 0.15) is 97.3 Å². The fourth-order valence-corrected chi connectivity index (χ4v) is 12.2. The number of hydrogen-bond donors (Lipinski definition) is 4. The molecule has 0 radical (unpaired) electrons. The van der Waals surface area contributed by atoms with E-state index in [2.05, 4.69) is 13.0 Å². The van der Waals surface area contributed by atoms with Gasteiger partial charge in [-0.2, -0.15) is 0 Å². The average molecular weight is 937 g/mol. The number of ether oxygens (including phenoxy) is 11. The van der Waals surface area contributed by atoms with Crippen LogP contribution >= 0.6 is 0 Å². The first-order valence-corrected chi connectivity index (χ1v) is 23.7. The topological polar surface area (TPSA) is 230 Å². The first-order valence-electron chi connectivity index (χ1n) is 23.7. The van der Waals surface area contributed by atoms with E-state index in [1.165, 1.54) is 12.7 Å². The maximum atomic E-state index is 14.2. The number of carbonyl (C=O) groups excluding carboxylic acids is 2. The van der Waals surface area contributed by atoms with Gasteiger partial charge in [0.15, 0.2) is 30.9 Å². The summed E-state index contributed by atoms with van der Waals surface area (Å²) in [6.45, 7) is 11.1. The number of rotatable bonds is 13. The van der Waals surface area contributed by atoms with Gasteiger partial charge in [0.2, 0.25) is 0 Å². The molecule has 1 aromatic rings. The van der Waals surface area contributed by atoms with Gasteiger partial charge in [0.1, 0.15) is 60.4 Å². The summed E-state index contributed by atoms with van der Waals surface area (Å²) in [7, 11) is 4.73. The number of aliphatic hydroxyl groups is 4. The van der Waals surface area contributed by atoms with Gasteiger partial charge in [0.25, 0.3) is 0 Å². The highest BCUT2D eigenvalue weighted by atomic mass is 16.8. The first-order chi connectivity index (χ1) is 31.4. The standard InChI is InChI=1S/C48H72O18/c1-22-28(13-15-58-22)47(5)14-12-29-27(45(47)54)11-10-26-16-31(30(50)20-48(26,29)6)62-36-17-32(55-7)42(23(2)59-36)64-37-18-33(56-8)43(24(3)60-37)65-38-19-34(57-9)44(25(4)61-38)66-46-41(53)40(52)39(51)35(21-49)63-46/h10,13,15,23-25,27,29,31-44,46,49,51-53H,11-12,14,16-21H2,1-9H3/t23-,24+,25-,27-,29+,31-,32+,33+,34+,35-,36+,37+,38+,39-,40+,41-,42-,43-,44-,46+,47-,48+/m1/s1. The molecule has 372 valence electrons. The predicted octanol–water partition coefficient (Wildman–Crippen LogP) is 2.93. The molecule has 8 rings (SSSR count). The van der Waals surface area contributed by atoms with Crippen molar-refractivity contribution < 1.29 is 86.5 Å². The Morgan fingerprint density at radius 2 is 1.29 bits per heavy atom. The molecule has 18 heteroatoms. The summed E-state index contributed by atoms with van der Waals surface area (Å²) in [4.78, 5) is 28.2. The van der Waals surface area contributed by atoms with E-state index in [-0.39, 0.29) is 29.8 Å². The van der Waals surface area contributed by atoms with E-state index in [1.807, 2.05) is 33.8 Å². The molecule has 0 bridgehead atoms. The number of Topliss-reactive ketones (excluding diaryl/α,β-unsaturated/α-hetero) is 2. The van der Waals surface area contributed by atoms with E-state index in [9.17, 15) is 30.0 Å². The maximum Gasteiger partial charge on any atom is 0.187 e. The van der Waals surface area contributed by atoms with Crippen LogP contribution in [0, 0.1) is 24.2 Å². The molecule has 66 heavy (non-hydrogen) atoms. The molecule has 0 spiro atoms. The van der Waals surface area contributed by atoms with Gasteiger partial charge in [0, 0.05) is 64.9 Å². The summed E-state index contributed by atoms with van der Waals surface area (Å²) >= 11 is 0. The van der Waals surface area contributed by atoms with Crippen molar-refractivity contribution in [3.05, 3.63) is 35.3 Å². The van der Waals surface area contributed by atoms with Crippen LogP contribution < -0.4 is 0 Å². The van der Waals surface area contributed by atoms with E-state index >= 15 is 0 Å². The lowest BCUT2D eigenvalue weighted by Crippen LogP contribution is -2.62. The van der Waals surface area contributed by atoms with Gasteiger partial charge in [-0.05, 0) is 71.3 Å². The Morgan fingerprint density at radius 3 is 1.80 bits per heavy atom. The molecule has 22 atom stereocenters. The van der Waals surface area contributed by atoms with Gasteiger partial charge in [-0.25, -0.2) is 0 Å². The zero-order chi connectivity index (χ0) is 47.4. The van der Waals surface area contributed by atoms with Crippen molar-refractivity contribution in [2.75, 3.05) is 27.9 Å². The van der Waals surface area contributed by atoms with Crippen molar-refractivity contribution in [2.45, 2.75) is 209 Å². The minimum absolute atomic E-state index is 0.0180. The highest BCUT2D eigenvalue weighted by Gasteiger charge is 2.58. The molecule has 18 nitrogen and oxygen atoms in total. The van der Waals surface area contributed by atoms with E-state index in [0.717, 1.165) is 17.7 Å². The Kier molecular flexibility index (Phi) is 15.4. The van der Waals surface area contributed by atoms with Crippen LogP contribution in [0.5, 0.6) is 0 Å². The fraction of sp³-hybridized carbons (Fsp3) is 0.833.